The molecule has 0 fully saturated rings. The second-order valence-corrected chi connectivity index (χ2v) is 5.44. The Morgan fingerprint density at radius 2 is 1.89 bits per heavy atom. The number of carbonyl (C=O) groups is 2. The van der Waals surface area contributed by atoms with Gasteiger partial charge in [-0.25, -0.2) is 4.79 Å². The zero-order chi connectivity index (χ0) is 14.3. The highest BCUT2D eigenvalue weighted by Crippen LogP contribution is 2.21. The van der Waals surface area contributed by atoms with E-state index < -0.39 is 12.0 Å². The fraction of sp³-hybridized carbons (Fsp3) is 0.692. The first-order valence-electron chi connectivity index (χ1n) is 5.89. The highest BCUT2D eigenvalue weighted by Gasteiger charge is 2.28. The van der Waals surface area contributed by atoms with E-state index in [-0.39, 0.29) is 23.9 Å². The molecule has 102 valence electrons. The Balaban J connectivity index is 4.46. The molecular formula is C13H22N2O3. The van der Waals surface area contributed by atoms with Crippen molar-refractivity contribution in [3.63, 3.8) is 0 Å². The second kappa shape index (κ2) is 6.90. The molecule has 2 amide bonds. The van der Waals surface area contributed by atoms with Crippen LogP contribution >= 0.6 is 0 Å². The van der Waals surface area contributed by atoms with Gasteiger partial charge in [0.1, 0.15) is 0 Å². The number of hydrogen-bond acceptors (Lipinski definition) is 2. The van der Waals surface area contributed by atoms with Gasteiger partial charge in [-0.3, -0.25) is 4.79 Å². The number of carboxylic acids is 1. The molecule has 0 radical (unpaired) electrons. The Labute approximate surface area is 108 Å². The number of rotatable bonds is 5. The lowest BCUT2D eigenvalue weighted by Gasteiger charge is -2.30. The van der Waals surface area contributed by atoms with Gasteiger partial charge in [0.2, 0.25) is 0 Å². The molecule has 0 heterocycles. The summed E-state index contributed by atoms with van der Waals surface area (Å²) < 4.78 is 0. The first kappa shape index (κ1) is 16.3. The molecule has 3 N–H and O–H groups in total. The summed E-state index contributed by atoms with van der Waals surface area (Å²) in [4.78, 5) is 22.4. The quantitative estimate of drug-likeness (QED) is 0.652. The van der Waals surface area contributed by atoms with Crippen LogP contribution in [0.25, 0.3) is 0 Å². The SMILES string of the molecule is C#CCC(C)NC(=O)NC(CC(=O)O)C(C)(C)C. The molecule has 0 rings (SSSR count). The molecule has 5 heteroatoms. The molecule has 5 nitrogen and oxygen atoms in total. The van der Waals surface area contributed by atoms with E-state index in [9.17, 15) is 9.59 Å². The molecule has 0 spiro atoms. The lowest BCUT2D eigenvalue weighted by atomic mass is 9.85. The van der Waals surface area contributed by atoms with Gasteiger partial charge in [0.25, 0.3) is 0 Å². The van der Waals surface area contributed by atoms with Gasteiger partial charge >= 0.3 is 12.0 Å². The summed E-state index contributed by atoms with van der Waals surface area (Å²) in [5.41, 5.74) is -0.328. The molecule has 0 aliphatic rings. The first-order valence-corrected chi connectivity index (χ1v) is 5.89. The van der Waals surface area contributed by atoms with Gasteiger partial charge in [-0.15, -0.1) is 12.3 Å². The number of carbonyl (C=O) groups excluding carboxylic acids is 1. The van der Waals surface area contributed by atoms with E-state index in [1.54, 1.807) is 6.92 Å². The predicted molar refractivity (Wildman–Crippen MR) is 70.1 cm³/mol. The van der Waals surface area contributed by atoms with E-state index in [0.717, 1.165) is 0 Å². The Kier molecular flexibility index (Phi) is 6.24. The molecule has 0 aliphatic heterocycles. The van der Waals surface area contributed by atoms with Crippen LogP contribution in [0.3, 0.4) is 0 Å². The zero-order valence-electron chi connectivity index (χ0n) is 11.4. The van der Waals surface area contributed by atoms with Crippen molar-refractivity contribution in [1.82, 2.24) is 10.6 Å². The minimum Gasteiger partial charge on any atom is -0.481 e. The van der Waals surface area contributed by atoms with Gasteiger partial charge in [0, 0.05) is 18.5 Å². The van der Waals surface area contributed by atoms with E-state index in [2.05, 4.69) is 16.6 Å². The number of amides is 2. The Hall–Kier alpha value is -1.70. The van der Waals surface area contributed by atoms with Crippen molar-refractivity contribution in [2.75, 3.05) is 0 Å². The van der Waals surface area contributed by atoms with Crippen molar-refractivity contribution >= 4 is 12.0 Å². The fourth-order valence-electron chi connectivity index (χ4n) is 1.40. The standard InChI is InChI=1S/C13H22N2O3/c1-6-7-9(2)14-12(18)15-10(8-11(16)17)13(3,4)5/h1,9-10H,7-8H2,2-5H3,(H,16,17)(H2,14,15,18). The Morgan fingerprint density at radius 3 is 2.28 bits per heavy atom. The summed E-state index contributed by atoms with van der Waals surface area (Å²) in [6, 6.07) is -0.965. The van der Waals surface area contributed by atoms with Crippen molar-refractivity contribution in [1.29, 1.82) is 0 Å². The minimum absolute atomic E-state index is 0.111. The summed E-state index contributed by atoms with van der Waals surface area (Å²) >= 11 is 0. The number of aliphatic carboxylic acids is 1. The average Bonchev–Trinajstić information content (AvgIpc) is 2.14. The van der Waals surface area contributed by atoms with Crippen molar-refractivity contribution < 1.29 is 14.7 Å². The van der Waals surface area contributed by atoms with E-state index in [1.165, 1.54) is 0 Å². The highest BCUT2D eigenvalue weighted by atomic mass is 16.4. The van der Waals surface area contributed by atoms with E-state index in [1.807, 2.05) is 20.8 Å². The summed E-state index contributed by atoms with van der Waals surface area (Å²) in [5, 5.41) is 14.2. The molecule has 0 saturated carbocycles. The summed E-state index contributed by atoms with van der Waals surface area (Å²) in [7, 11) is 0. The monoisotopic (exact) mass is 254 g/mol. The van der Waals surface area contributed by atoms with E-state index in [0.29, 0.717) is 6.42 Å². The third kappa shape index (κ3) is 6.79. The van der Waals surface area contributed by atoms with Gasteiger partial charge in [0.15, 0.2) is 0 Å². The van der Waals surface area contributed by atoms with Crippen LogP contribution in [0.1, 0.15) is 40.5 Å². The molecule has 0 bridgehead atoms. The van der Waals surface area contributed by atoms with Crippen LogP contribution < -0.4 is 10.6 Å². The third-order valence-electron chi connectivity index (χ3n) is 2.53. The van der Waals surface area contributed by atoms with Gasteiger partial charge < -0.3 is 15.7 Å². The van der Waals surface area contributed by atoms with Crippen LogP contribution in [0.15, 0.2) is 0 Å². The zero-order valence-corrected chi connectivity index (χ0v) is 11.4. The second-order valence-electron chi connectivity index (χ2n) is 5.44. The van der Waals surface area contributed by atoms with Gasteiger partial charge in [-0.2, -0.15) is 0 Å². The van der Waals surface area contributed by atoms with Gasteiger partial charge in [0.05, 0.1) is 6.42 Å². The lowest BCUT2D eigenvalue weighted by molar-refractivity contribution is -0.138. The molecular weight excluding hydrogens is 232 g/mol. The van der Waals surface area contributed by atoms with Crippen molar-refractivity contribution in [2.24, 2.45) is 5.41 Å². The highest BCUT2D eigenvalue weighted by molar-refractivity contribution is 5.76. The summed E-state index contributed by atoms with van der Waals surface area (Å²) in [6.45, 7) is 7.44. The lowest BCUT2D eigenvalue weighted by Crippen LogP contribution is -2.50. The number of terminal acetylenes is 1. The normalized spacial score (nSPS) is 14.2. The molecule has 0 saturated heterocycles. The third-order valence-corrected chi connectivity index (χ3v) is 2.53. The van der Waals surface area contributed by atoms with Gasteiger partial charge in [-0.1, -0.05) is 20.8 Å². The van der Waals surface area contributed by atoms with Crippen molar-refractivity contribution in [2.45, 2.75) is 52.6 Å². The summed E-state index contributed by atoms with van der Waals surface area (Å²) in [5.74, 6) is 1.51. The van der Waals surface area contributed by atoms with Crippen LogP contribution in [0.2, 0.25) is 0 Å². The molecule has 2 atom stereocenters. The average molecular weight is 254 g/mol. The van der Waals surface area contributed by atoms with Crippen LogP contribution in [-0.2, 0) is 4.79 Å². The first-order chi connectivity index (χ1) is 8.16. The Bertz CT molecular complexity index is 339. The minimum atomic E-state index is -0.938. The molecule has 18 heavy (non-hydrogen) atoms. The number of hydrogen-bond donors (Lipinski definition) is 3. The van der Waals surface area contributed by atoms with E-state index in [4.69, 9.17) is 11.5 Å². The van der Waals surface area contributed by atoms with Crippen molar-refractivity contribution in [3.05, 3.63) is 0 Å². The Morgan fingerprint density at radius 1 is 1.33 bits per heavy atom. The molecule has 2 unspecified atom stereocenters. The predicted octanol–water partition coefficient (Wildman–Crippen LogP) is 1.59. The smallest absolute Gasteiger partial charge is 0.315 e. The number of urea groups is 1. The maximum absolute atomic E-state index is 11.7. The van der Waals surface area contributed by atoms with Crippen LogP contribution in [0.4, 0.5) is 4.79 Å². The molecule has 0 aromatic carbocycles. The number of carboxylic acid groups (broad SMARTS) is 1. The van der Waals surface area contributed by atoms with Crippen molar-refractivity contribution in [3.8, 4) is 12.3 Å². The van der Waals surface area contributed by atoms with E-state index >= 15 is 0 Å². The van der Waals surface area contributed by atoms with Gasteiger partial charge in [-0.05, 0) is 12.3 Å². The largest absolute Gasteiger partial charge is 0.481 e. The maximum Gasteiger partial charge on any atom is 0.315 e. The molecule has 0 aromatic rings. The molecule has 0 aromatic heterocycles. The van der Waals surface area contributed by atoms with Crippen LogP contribution in [0.5, 0.6) is 0 Å². The molecule has 0 aliphatic carbocycles. The summed E-state index contributed by atoms with van der Waals surface area (Å²) in [6.07, 6.45) is 5.47. The fourth-order valence-corrected chi connectivity index (χ4v) is 1.40. The maximum atomic E-state index is 11.7. The van der Waals surface area contributed by atoms with Crippen LogP contribution in [-0.4, -0.2) is 29.2 Å². The van der Waals surface area contributed by atoms with Crippen LogP contribution in [0, 0.1) is 17.8 Å². The topological polar surface area (TPSA) is 78.4 Å². The number of nitrogens with one attached hydrogen (secondary N) is 2.